The van der Waals surface area contributed by atoms with Crippen LogP contribution in [-0.4, -0.2) is 43.2 Å². The van der Waals surface area contributed by atoms with Crippen molar-refractivity contribution in [3.8, 4) is 0 Å². The fraction of sp³-hybridized carbons (Fsp3) is 0.588. The maximum absolute atomic E-state index is 12.6. The molecule has 1 aliphatic carbocycles. The topological polar surface area (TPSA) is 41.6 Å². The number of benzene rings is 1. The van der Waals surface area contributed by atoms with Crippen molar-refractivity contribution in [2.24, 2.45) is 0 Å². The fourth-order valence-electron chi connectivity index (χ4n) is 3.34. The van der Waals surface area contributed by atoms with Gasteiger partial charge in [0.2, 0.25) is 5.91 Å². The van der Waals surface area contributed by atoms with Gasteiger partial charge in [-0.2, -0.15) is 0 Å². The van der Waals surface area contributed by atoms with Crippen LogP contribution in [0.25, 0.3) is 0 Å². The van der Waals surface area contributed by atoms with Gasteiger partial charge in [0.05, 0.1) is 12.1 Å². The van der Waals surface area contributed by atoms with Gasteiger partial charge in [0, 0.05) is 24.7 Å². The monoisotopic (exact) mass is 358 g/mol. The van der Waals surface area contributed by atoms with Crippen LogP contribution in [0, 0.1) is 0 Å². The minimum Gasteiger partial charge on any atom is -0.368 e. The molecule has 2 fully saturated rings. The maximum Gasteiger partial charge on any atom is 0.249 e. The number of carbonyl (C=O) groups is 1. The van der Waals surface area contributed by atoms with Crippen LogP contribution in [0.1, 0.15) is 37.3 Å². The Morgan fingerprint density at radius 3 is 2.87 bits per heavy atom. The number of nitrogens with zero attached hydrogens (tertiary/aromatic N) is 1. The Hall–Kier alpha value is -0.810. The second-order valence-electron chi connectivity index (χ2n) is 6.08. The second-order valence-corrected chi connectivity index (χ2v) is 6.52. The summed E-state index contributed by atoms with van der Waals surface area (Å²) in [6.07, 6.45) is 4.89. The SMILES string of the molecule is Cl.O=C(COC1CCCC1)N1CCNCC1c1cccc(Cl)c1. The number of hydrogen-bond acceptors (Lipinski definition) is 3. The molecule has 1 aromatic rings. The van der Waals surface area contributed by atoms with Gasteiger partial charge in [-0.05, 0) is 30.5 Å². The van der Waals surface area contributed by atoms with E-state index in [1.165, 1.54) is 12.8 Å². The van der Waals surface area contributed by atoms with E-state index >= 15 is 0 Å². The molecule has 128 valence electrons. The molecule has 1 N–H and O–H groups in total. The predicted octanol–water partition coefficient (Wildman–Crippen LogP) is 3.19. The zero-order chi connectivity index (χ0) is 15.4. The van der Waals surface area contributed by atoms with Crippen LogP contribution in [0.2, 0.25) is 5.02 Å². The molecule has 4 nitrogen and oxygen atoms in total. The summed E-state index contributed by atoms with van der Waals surface area (Å²) in [7, 11) is 0. The van der Waals surface area contributed by atoms with Crippen molar-refractivity contribution in [3.63, 3.8) is 0 Å². The Labute approximate surface area is 148 Å². The Morgan fingerprint density at radius 2 is 2.13 bits per heavy atom. The molecule has 0 bridgehead atoms. The lowest BCUT2D eigenvalue weighted by Crippen LogP contribution is -2.50. The van der Waals surface area contributed by atoms with Crippen molar-refractivity contribution >= 4 is 29.9 Å². The van der Waals surface area contributed by atoms with Crippen molar-refractivity contribution < 1.29 is 9.53 Å². The third kappa shape index (κ3) is 4.83. The number of carbonyl (C=O) groups excluding carboxylic acids is 1. The smallest absolute Gasteiger partial charge is 0.249 e. The van der Waals surface area contributed by atoms with Gasteiger partial charge < -0.3 is 15.0 Å². The number of piperazine rings is 1. The zero-order valence-electron chi connectivity index (χ0n) is 13.2. The van der Waals surface area contributed by atoms with Crippen molar-refractivity contribution in [1.82, 2.24) is 10.2 Å². The molecule has 1 saturated carbocycles. The molecular formula is C17H24Cl2N2O2. The molecule has 23 heavy (non-hydrogen) atoms. The van der Waals surface area contributed by atoms with Crippen molar-refractivity contribution in [3.05, 3.63) is 34.9 Å². The third-order valence-electron chi connectivity index (χ3n) is 4.54. The minimum absolute atomic E-state index is 0. The van der Waals surface area contributed by atoms with Gasteiger partial charge in [-0.1, -0.05) is 36.6 Å². The Morgan fingerprint density at radius 1 is 1.35 bits per heavy atom. The Bertz CT molecular complexity index is 521. The van der Waals surface area contributed by atoms with E-state index in [9.17, 15) is 4.79 Å². The molecule has 1 atom stereocenters. The molecule has 1 aliphatic heterocycles. The van der Waals surface area contributed by atoms with Crippen LogP contribution in [0.5, 0.6) is 0 Å². The summed E-state index contributed by atoms with van der Waals surface area (Å²) >= 11 is 6.09. The average molecular weight is 359 g/mol. The van der Waals surface area contributed by atoms with Gasteiger partial charge in [-0.3, -0.25) is 4.79 Å². The number of rotatable bonds is 4. The van der Waals surface area contributed by atoms with Crippen molar-refractivity contribution in [2.45, 2.75) is 37.8 Å². The zero-order valence-corrected chi connectivity index (χ0v) is 14.7. The first-order valence-corrected chi connectivity index (χ1v) is 8.49. The Balaban J connectivity index is 0.00000192. The maximum atomic E-state index is 12.6. The molecular weight excluding hydrogens is 335 g/mol. The van der Waals surface area contributed by atoms with E-state index in [4.69, 9.17) is 16.3 Å². The Kier molecular flexibility index (Phi) is 7.15. The highest BCUT2D eigenvalue weighted by Crippen LogP contribution is 2.25. The summed E-state index contributed by atoms with van der Waals surface area (Å²) in [4.78, 5) is 14.5. The molecule has 1 amide bonds. The van der Waals surface area contributed by atoms with Gasteiger partial charge in [0.15, 0.2) is 0 Å². The molecule has 3 rings (SSSR count). The lowest BCUT2D eigenvalue weighted by atomic mass is 10.0. The van der Waals surface area contributed by atoms with Crippen molar-refractivity contribution in [2.75, 3.05) is 26.2 Å². The van der Waals surface area contributed by atoms with E-state index in [-0.39, 0.29) is 37.1 Å². The molecule has 2 aliphatic rings. The summed E-state index contributed by atoms with van der Waals surface area (Å²) in [6, 6.07) is 7.80. The van der Waals surface area contributed by atoms with Gasteiger partial charge in [0.1, 0.15) is 6.61 Å². The number of hydrogen-bond donors (Lipinski definition) is 1. The van der Waals surface area contributed by atoms with Crippen LogP contribution < -0.4 is 5.32 Å². The average Bonchev–Trinajstić information content (AvgIpc) is 3.06. The quantitative estimate of drug-likeness (QED) is 0.898. The van der Waals surface area contributed by atoms with Crippen LogP contribution in [0.15, 0.2) is 24.3 Å². The first kappa shape index (κ1) is 18.5. The lowest BCUT2D eigenvalue weighted by molar-refractivity contribution is -0.141. The predicted molar refractivity (Wildman–Crippen MR) is 94.2 cm³/mol. The highest BCUT2D eigenvalue weighted by molar-refractivity contribution is 6.30. The largest absolute Gasteiger partial charge is 0.368 e. The van der Waals surface area contributed by atoms with E-state index in [0.29, 0.717) is 11.6 Å². The van der Waals surface area contributed by atoms with Crippen LogP contribution >= 0.6 is 24.0 Å². The number of ether oxygens (including phenoxy) is 1. The van der Waals surface area contributed by atoms with Gasteiger partial charge in [-0.25, -0.2) is 0 Å². The lowest BCUT2D eigenvalue weighted by Gasteiger charge is -2.36. The van der Waals surface area contributed by atoms with Crippen LogP contribution in [0.3, 0.4) is 0 Å². The van der Waals surface area contributed by atoms with E-state index < -0.39 is 0 Å². The molecule has 1 unspecified atom stereocenters. The standard InChI is InChI=1S/C17H23ClN2O2.ClH/c18-14-5-3-4-13(10-14)16-11-19-8-9-20(16)17(21)12-22-15-6-1-2-7-15;/h3-5,10,15-16,19H,1-2,6-9,11-12H2;1H. The molecule has 1 aromatic carbocycles. The van der Waals surface area contributed by atoms with E-state index in [0.717, 1.165) is 31.5 Å². The van der Waals surface area contributed by atoms with E-state index in [2.05, 4.69) is 5.32 Å². The fourth-order valence-corrected chi connectivity index (χ4v) is 3.54. The summed E-state index contributed by atoms with van der Waals surface area (Å²) in [5.74, 6) is 0.0818. The van der Waals surface area contributed by atoms with Crippen LogP contribution in [-0.2, 0) is 9.53 Å². The molecule has 1 saturated heterocycles. The van der Waals surface area contributed by atoms with E-state index in [1.807, 2.05) is 29.2 Å². The second kappa shape index (κ2) is 8.88. The van der Waals surface area contributed by atoms with Gasteiger partial charge in [0.25, 0.3) is 0 Å². The number of nitrogens with one attached hydrogen (secondary N) is 1. The van der Waals surface area contributed by atoms with E-state index in [1.54, 1.807) is 0 Å². The first-order valence-electron chi connectivity index (χ1n) is 8.11. The number of amides is 1. The van der Waals surface area contributed by atoms with Gasteiger partial charge >= 0.3 is 0 Å². The molecule has 0 aromatic heterocycles. The highest BCUT2D eigenvalue weighted by Gasteiger charge is 2.28. The molecule has 6 heteroatoms. The summed E-state index contributed by atoms with van der Waals surface area (Å²) in [6.45, 7) is 2.49. The highest BCUT2D eigenvalue weighted by atomic mass is 35.5. The number of halogens is 2. The summed E-state index contributed by atoms with van der Waals surface area (Å²) in [5.41, 5.74) is 1.08. The van der Waals surface area contributed by atoms with Crippen molar-refractivity contribution in [1.29, 1.82) is 0 Å². The van der Waals surface area contributed by atoms with Gasteiger partial charge in [-0.15, -0.1) is 12.4 Å². The minimum atomic E-state index is 0. The summed E-state index contributed by atoms with van der Waals surface area (Å²) in [5, 5.41) is 4.06. The molecule has 1 heterocycles. The third-order valence-corrected chi connectivity index (χ3v) is 4.78. The van der Waals surface area contributed by atoms with Crippen LogP contribution in [0.4, 0.5) is 0 Å². The molecule has 0 spiro atoms. The molecule has 0 radical (unpaired) electrons. The first-order chi connectivity index (χ1) is 10.7. The normalized spacial score (nSPS) is 22.0. The summed E-state index contributed by atoms with van der Waals surface area (Å²) < 4.78 is 5.79.